The van der Waals surface area contributed by atoms with Crippen LogP contribution in [0.1, 0.15) is 46.2 Å². The molecule has 4 nitrogen and oxygen atoms in total. The molecule has 132 valence electrons. The predicted molar refractivity (Wildman–Crippen MR) is 85.5 cm³/mol. The zero-order valence-corrected chi connectivity index (χ0v) is 14.1. The Kier molecular flexibility index (Phi) is 6.24. The highest BCUT2D eigenvalue weighted by molar-refractivity contribution is 5.88. The Morgan fingerprint density at radius 3 is 2.42 bits per heavy atom. The molecule has 1 amide bonds. The van der Waals surface area contributed by atoms with Gasteiger partial charge in [0.15, 0.2) is 0 Å². The molecule has 1 rings (SSSR count). The second-order valence-corrected chi connectivity index (χ2v) is 6.34. The molecule has 1 aromatic rings. The maximum absolute atomic E-state index is 12.6. The van der Waals surface area contributed by atoms with E-state index in [9.17, 15) is 18.0 Å². The maximum atomic E-state index is 12.6. The van der Waals surface area contributed by atoms with Crippen LogP contribution in [0.15, 0.2) is 18.3 Å². The molecule has 0 bridgehead atoms. The van der Waals surface area contributed by atoms with Crippen LogP contribution in [-0.2, 0) is 10.9 Å². The summed E-state index contributed by atoms with van der Waals surface area (Å²) in [6, 6.07) is 1.68. The molecule has 0 aliphatic heterocycles. The Hall–Kier alpha value is -2.23. The largest absolute Gasteiger partial charge is 0.443 e. The minimum atomic E-state index is -4.54. The van der Waals surface area contributed by atoms with Crippen molar-refractivity contribution < 1.29 is 22.7 Å². The fourth-order valence-corrected chi connectivity index (χ4v) is 1.97. The standard InChI is InChI=1S/C17H21F3N2O2/c1-6-7-8-12(2)22(15(23)24-16(3,4)5)13-9-10-14(21-11-13)17(18,19)20/h1,9-12H,7-8H2,2-5H3. The first-order valence-electron chi connectivity index (χ1n) is 7.44. The number of carbonyl (C=O) groups is 1. The van der Waals surface area contributed by atoms with Gasteiger partial charge in [-0.15, -0.1) is 12.3 Å². The van der Waals surface area contributed by atoms with Gasteiger partial charge in [-0.3, -0.25) is 4.90 Å². The number of rotatable bonds is 4. The van der Waals surface area contributed by atoms with Crippen molar-refractivity contribution in [1.29, 1.82) is 0 Å². The summed E-state index contributed by atoms with van der Waals surface area (Å²) in [5.74, 6) is 2.48. The van der Waals surface area contributed by atoms with E-state index in [1.807, 2.05) is 0 Å². The van der Waals surface area contributed by atoms with Gasteiger partial charge in [-0.1, -0.05) is 0 Å². The number of aromatic nitrogens is 1. The Morgan fingerprint density at radius 1 is 1.38 bits per heavy atom. The lowest BCUT2D eigenvalue weighted by Crippen LogP contribution is -2.42. The van der Waals surface area contributed by atoms with Crippen molar-refractivity contribution in [1.82, 2.24) is 4.98 Å². The van der Waals surface area contributed by atoms with Crippen molar-refractivity contribution in [2.75, 3.05) is 4.90 Å². The van der Waals surface area contributed by atoms with Crippen molar-refractivity contribution in [3.05, 3.63) is 24.0 Å². The van der Waals surface area contributed by atoms with Gasteiger partial charge >= 0.3 is 12.3 Å². The van der Waals surface area contributed by atoms with E-state index in [0.29, 0.717) is 12.8 Å². The van der Waals surface area contributed by atoms with Crippen molar-refractivity contribution in [3.8, 4) is 12.3 Å². The van der Waals surface area contributed by atoms with E-state index in [1.165, 1.54) is 11.0 Å². The van der Waals surface area contributed by atoms with E-state index in [1.54, 1.807) is 27.7 Å². The van der Waals surface area contributed by atoms with Crippen molar-refractivity contribution in [2.45, 2.75) is 58.4 Å². The van der Waals surface area contributed by atoms with Gasteiger partial charge in [-0.2, -0.15) is 13.2 Å². The van der Waals surface area contributed by atoms with Gasteiger partial charge < -0.3 is 4.74 Å². The van der Waals surface area contributed by atoms with Crippen LogP contribution in [0.3, 0.4) is 0 Å². The fourth-order valence-electron chi connectivity index (χ4n) is 1.97. The van der Waals surface area contributed by atoms with Crippen LogP contribution in [0.5, 0.6) is 0 Å². The van der Waals surface area contributed by atoms with Gasteiger partial charge in [-0.05, 0) is 46.2 Å². The summed E-state index contributed by atoms with van der Waals surface area (Å²) in [4.78, 5) is 17.1. The summed E-state index contributed by atoms with van der Waals surface area (Å²) in [6.07, 6.45) is 1.96. The first-order chi connectivity index (χ1) is 11.0. The molecule has 1 unspecified atom stereocenters. The van der Waals surface area contributed by atoms with Crippen LogP contribution < -0.4 is 4.90 Å². The zero-order valence-electron chi connectivity index (χ0n) is 14.1. The molecule has 0 N–H and O–H groups in total. The summed E-state index contributed by atoms with van der Waals surface area (Å²) < 4.78 is 43.2. The minimum Gasteiger partial charge on any atom is -0.443 e. The van der Waals surface area contributed by atoms with E-state index in [2.05, 4.69) is 10.9 Å². The number of carbonyl (C=O) groups excluding carboxylic acids is 1. The van der Waals surface area contributed by atoms with E-state index in [-0.39, 0.29) is 11.7 Å². The van der Waals surface area contributed by atoms with Gasteiger partial charge in [0.25, 0.3) is 0 Å². The predicted octanol–water partition coefficient (Wildman–Crippen LogP) is 4.64. The van der Waals surface area contributed by atoms with Crippen LogP contribution in [0.4, 0.5) is 23.7 Å². The molecular weight excluding hydrogens is 321 g/mol. The topological polar surface area (TPSA) is 42.4 Å². The number of amides is 1. The monoisotopic (exact) mass is 342 g/mol. The number of ether oxygens (including phenoxy) is 1. The number of terminal acetylenes is 1. The molecule has 0 spiro atoms. The lowest BCUT2D eigenvalue weighted by Gasteiger charge is -2.31. The molecule has 1 heterocycles. The molecule has 0 saturated heterocycles. The SMILES string of the molecule is C#CCCC(C)N(C(=O)OC(C)(C)C)c1ccc(C(F)(F)F)nc1. The summed E-state index contributed by atoms with van der Waals surface area (Å²) in [5, 5.41) is 0. The van der Waals surface area contributed by atoms with Crippen LogP contribution in [-0.4, -0.2) is 22.7 Å². The van der Waals surface area contributed by atoms with Crippen molar-refractivity contribution in [3.63, 3.8) is 0 Å². The summed E-state index contributed by atoms with van der Waals surface area (Å²) >= 11 is 0. The minimum absolute atomic E-state index is 0.224. The number of alkyl halides is 3. The summed E-state index contributed by atoms with van der Waals surface area (Å²) in [7, 11) is 0. The molecule has 24 heavy (non-hydrogen) atoms. The molecule has 0 fully saturated rings. The van der Waals surface area contributed by atoms with Gasteiger partial charge in [0, 0.05) is 12.5 Å². The van der Waals surface area contributed by atoms with Crippen LogP contribution in [0.2, 0.25) is 0 Å². The number of hydrogen-bond donors (Lipinski definition) is 0. The Balaban J connectivity index is 3.13. The van der Waals surface area contributed by atoms with E-state index >= 15 is 0 Å². The van der Waals surface area contributed by atoms with Gasteiger partial charge in [0.05, 0.1) is 11.9 Å². The highest BCUT2D eigenvalue weighted by atomic mass is 19.4. The molecule has 1 aromatic heterocycles. The third-order valence-corrected chi connectivity index (χ3v) is 3.05. The van der Waals surface area contributed by atoms with E-state index in [4.69, 9.17) is 11.2 Å². The lowest BCUT2D eigenvalue weighted by molar-refractivity contribution is -0.141. The molecule has 1 atom stereocenters. The summed E-state index contributed by atoms with van der Waals surface area (Å²) in [6.45, 7) is 6.87. The second kappa shape index (κ2) is 7.56. The van der Waals surface area contributed by atoms with E-state index in [0.717, 1.165) is 12.3 Å². The quantitative estimate of drug-likeness (QED) is 0.749. The van der Waals surface area contributed by atoms with Gasteiger partial charge in [0.1, 0.15) is 11.3 Å². The van der Waals surface area contributed by atoms with E-state index < -0.39 is 23.6 Å². The molecule has 0 saturated carbocycles. The van der Waals surface area contributed by atoms with Crippen LogP contribution in [0, 0.1) is 12.3 Å². The average molecular weight is 342 g/mol. The third-order valence-electron chi connectivity index (χ3n) is 3.05. The molecule has 0 aromatic carbocycles. The first kappa shape index (κ1) is 19.8. The molecule has 0 radical (unpaired) electrons. The van der Waals surface area contributed by atoms with Crippen molar-refractivity contribution in [2.24, 2.45) is 0 Å². The number of pyridine rings is 1. The third kappa shape index (κ3) is 5.76. The molecule has 0 aliphatic carbocycles. The fraction of sp³-hybridized carbons (Fsp3) is 0.529. The Morgan fingerprint density at radius 2 is 2.00 bits per heavy atom. The Labute approximate surface area is 140 Å². The normalized spacial score (nSPS) is 13.1. The second-order valence-electron chi connectivity index (χ2n) is 6.34. The number of anilines is 1. The lowest BCUT2D eigenvalue weighted by atomic mass is 10.1. The number of hydrogen-bond acceptors (Lipinski definition) is 3. The van der Waals surface area contributed by atoms with Crippen LogP contribution >= 0.6 is 0 Å². The number of nitrogens with zero attached hydrogens (tertiary/aromatic N) is 2. The highest BCUT2D eigenvalue weighted by Gasteiger charge is 2.33. The Bertz CT molecular complexity index is 598. The number of halogens is 3. The van der Waals surface area contributed by atoms with Gasteiger partial charge in [-0.25, -0.2) is 9.78 Å². The van der Waals surface area contributed by atoms with Gasteiger partial charge in [0.2, 0.25) is 0 Å². The first-order valence-corrected chi connectivity index (χ1v) is 7.44. The highest BCUT2D eigenvalue weighted by Crippen LogP contribution is 2.29. The zero-order chi connectivity index (χ0) is 18.5. The molecule has 0 aliphatic rings. The molecule has 7 heteroatoms. The molecular formula is C17H21F3N2O2. The average Bonchev–Trinajstić information content (AvgIpc) is 2.43. The van der Waals surface area contributed by atoms with Crippen LogP contribution in [0.25, 0.3) is 0 Å². The smallest absolute Gasteiger partial charge is 0.433 e. The van der Waals surface area contributed by atoms with Crippen molar-refractivity contribution >= 4 is 11.8 Å². The summed E-state index contributed by atoms with van der Waals surface area (Å²) in [5.41, 5.74) is -1.53. The maximum Gasteiger partial charge on any atom is 0.433 e.